The Morgan fingerprint density at radius 3 is 1.78 bits per heavy atom. The summed E-state index contributed by atoms with van der Waals surface area (Å²) in [6.07, 6.45) is 3.24. The van der Waals surface area contributed by atoms with Crippen molar-refractivity contribution in [2.75, 3.05) is 0 Å². The zero-order valence-electron chi connectivity index (χ0n) is 33.2. The van der Waals surface area contributed by atoms with Crippen molar-refractivity contribution in [3.8, 4) is 39.5 Å². The first-order chi connectivity index (χ1) is 25.4. The molecule has 0 aliphatic heterocycles. The Kier molecular flexibility index (Phi) is 13.4. The smallest absolute Gasteiger partial charge is 0.0798 e. The van der Waals surface area contributed by atoms with Crippen LogP contribution in [0.4, 0.5) is 0 Å². The van der Waals surface area contributed by atoms with Crippen molar-refractivity contribution in [1.82, 2.24) is 14.5 Å². The van der Waals surface area contributed by atoms with E-state index < -0.39 is 8.07 Å². The van der Waals surface area contributed by atoms with Gasteiger partial charge in [-0.1, -0.05) is 115 Å². The van der Waals surface area contributed by atoms with Crippen LogP contribution in [-0.2, 0) is 26.5 Å². The number of rotatable bonds is 9. The van der Waals surface area contributed by atoms with Gasteiger partial charge in [-0.05, 0) is 81.6 Å². The predicted molar refractivity (Wildman–Crippen MR) is 229 cm³/mol. The predicted octanol–water partition coefficient (Wildman–Crippen LogP) is 12.7. The SMILES string of the molecule is CC(C)Cc1cc(-c2[c-]cccc2)ncc1[Si](C)(C)C.CC(C)c1cc(-c2ccccc2)cc(C(C)C)c1-n1c(-c2[c-]cccc2)nc2ccccc21.[Ir]. The Hall–Kier alpha value is -4.41. The number of para-hydroxylation sites is 2. The summed E-state index contributed by atoms with van der Waals surface area (Å²) in [6.45, 7) is 20.9. The minimum absolute atomic E-state index is 0. The van der Waals surface area contributed by atoms with Gasteiger partial charge in [-0.3, -0.25) is 4.98 Å². The second-order valence-electron chi connectivity index (χ2n) is 16.1. The number of hydrogen-bond donors (Lipinski definition) is 0. The van der Waals surface area contributed by atoms with E-state index in [9.17, 15) is 0 Å². The fourth-order valence-corrected chi connectivity index (χ4v) is 8.65. The number of imidazole rings is 1. The Morgan fingerprint density at radius 2 is 1.22 bits per heavy atom. The van der Waals surface area contributed by atoms with Crippen molar-refractivity contribution >= 4 is 24.3 Å². The summed E-state index contributed by atoms with van der Waals surface area (Å²) in [5.41, 5.74) is 13.2. The molecule has 0 aliphatic carbocycles. The largest absolute Gasteiger partial charge is 0.333 e. The minimum atomic E-state index is -1.34. The van der Waals surface area contributed by atoms with Crippen molar-refractivity contribution in [2.45, 2.75) is 79.4 Å². The van der Waals surface area contributed by atoms with Gasteiger partial charge in [0, 0.05) is 32.0 Å². The molecule has 2 aromatic heterocycles. The van der Waals surface area contributed by atoms with Crippen molar-refractivity contribution in [3.63, 3.8) is 0 Å². The van der Waals surface area contributed by atoms with Crippen molar-refractivity contribution in [1.29, 1.82) is 0 Å². The van der Waals surface area contributed by atoms with Crippen LogP contribution in [0, 0.1) is 18.1 Å². The molecule has 7 aromatic rings. The molecule has 0 saturated heterocycles. The molecule has 0 fully saturated rings. The standard InChI is InChI=1S/C31H29N2.C18H24NSi.Ir/c1-21(2)26-19-25(23-13-7-5-8-14-23)20-27(22(3)4)30(26)33-29-18-12-11-17-28(29)32-31(33)24-15-9-6-10-16-24;1-14(2)11-16-12-17(15-9-7-6-8-10-15)19-13-18(16)20(3,4)5;/h5-15,17-22H,1-4H3;6-9,12-14H,11H2,1-5H3;/q2*-1;. The van der Waals surface area contributed by atoms with E-state index >= 15 is 0 Å². The quantitative estimate of drug-likeness (QED) is 0.107. The molecule has 0 aliphatic rings. The Labute approximate surface area is 338 Å². The number of nitrogens with zero attached hydrogens (tertiary/aromatic N) is 3. The van der Waals surface area contributed by atoms with Crippen LogP contribution in [0.5, 0.6) is 0 Å². The van der Waals surface area contributed by atoms with Crippen LogP contribution in [0.2, 0.25) is 19.6 Å². The summed E-state index contributed by atoms with van der Waals surface area (Å²) in [6, 6.07) is 49.0. The zero-order valence-corrected chi connectivity index (χ0v) is 36.6. The first-order valence-corrected chi connectivity index (χ1v) is 22.6. The Morgan fingerprint density at radius 1 is 0.648 bits per heavy atom. The summed E-state index contributed by atoms with van der Waals surface area (Å²) in [5, 5.41) is 1.49. The van der Waals surface area contributed by atoms with Gasteiger partial charge in [-0.25, -0.2) is 0 Å². The fourth-order valence-electron chi connectivity index (χ4n) is 7.06. The number of hydrogen-bond acceptors (Lipinski definition) is 2. The Bertz CT molecular complexity index is 2240. The normalized spacial score (nSPS) is 11.5. The molecule has 5 heteroatoms. The number of pyridine rings is 1. The van der Waals surface area contributed by atoms with Crippen molar-refractivity contribution in [2.24, 2.45) is 5.92 Å². The van der Waals surface area contributed by atoms with Crippen molar-refractivity contribution < 1.29 is 20.1 Å². The van der Waals surface area contributed by atoms with Crippen LogP contribution in [-0.4, -0.2) is 22.6 Å². The first kappa shape index (κ1) is 40.8. The molecule has 1 radical (unpaired) electrons. The van der Waals surface area contributed by atoms with E-state index in [4.69, 9.17) is 4.98 Å². The van der Waals surface area contributed by atoms with Crippen molar-refractivity contribution in [3.05, 3.63) is 156 Å². The maximum atomic E-state index is 5.07. The molecule has 54 heavy (non-hydrogen) atoms. The van der Waals surface area contributed by atoms with E-state index in [0.29, 0.717) is 17.8 Å². The number of aromatic nitrogens is 3. The third kappa shape index (κ3) is 9.26. The molecule has 3 nitrogen and oxygen atoms in total. The molecule has 0 spiro atoms. The summed E-state index contributed by atoms with van der Waals surface area (Å²) in [7, 11) is -1.34. The van der Waals surface area contributed by atoms with Gasteiger partial charge in [0.2, 0.25) is 0 Å². The van der Waals surface area contributed by atoms with Crippen LogP contribution < -0.4 is 5.19 Å². The number of fused-ring (bicyclic) bond motifs is 1. The topological polar surface area (TPSA) is 30.7 Å². The minimum Gasteiger partial charge on any atom is -0.333 e. The molecule has 7 rings (SSSR count). The molecule has 279 valence electrons. The molecule has 0 unspecified atom stereocenters. The molecule has 0 saturated carbocycles. The van der Waals surface area contributed by atoms with Crippen LogP contribution in [0.25, 0.3) is 50.5 Å². The van der Waals surface area contributed by atoms with E-state index in [1.165, 1.54) is 38.7 Å². The number of benzene rings is 5. The summed E-state index contributed by atoms with van der Waals surface area (Å²) in [4.78, 5) is 9.76. The van der Waals surface area contributed by atoms with Gasteiger partial charge in [-0.15, -0.1) is 71.8 Å². The van der Waals surface area contributed by atoms with E-state index in [-0.39, 0.29) is 20.1 Å². The molecular formula is C49H53IrN3Si-2. The summed E-state index contributed by atoms with van der Waals surface area (Å²) < 4.78 is 2.36. The molecule has 5 aromatic carbocycles. The monoisotopic (exact) mass is 904 g/mol. The third-order valence-electron chi connectivity index (χ3n) is 9.67. The summed E-state index contributed by atoms with van der Waals surface area (Å²) in [5.74, 6) is 2.32. The van der Waals surface area contributed by atoms with Gasteiger partial charge in [0.25, 0.3) is 0 Å². The van der Waals surface area contributed by atoms with Gasteiger partial charge in [0.1, 0.15) is 0 Å². The molecule has 0 amide bonds. The molecule has 2 heterocycles. The zero-order chi connectivity index (χ0) is 37.7. The molecular weight excluding hydrogens is 851 g/mol. The van der Waals surface area contributed by atoms with E-state index in [1.54, 1.807) is 0 Å². The van der Waals surface area contributed by atoms with Gasteiger partial charge < -0.3 is 9.55 Å². The van der Waals surface area contributed by atoms with E-state index in [1.807, 2.05) is 30.3 Å². The van der Waals surface area contributed by atoms with Crippen LogP contribution >= 0.6 is 0 Å². The molecule has 0 N–H and O–H groups in total. The van der Waals surface area contributed by atoms with Crippen LogP contribution in [0.1, 0.15) is 70.1 Å². The van der Waals surface area contributed by atoms with Crippen LogP contribution in [0.3, 0.4) is 0 Å². The van der Waals surface area contributed by atoms with Gasteiger partial charge in [0.15, 0.2) is 0 Å². The second kappa shape index (κ2) is 17.8. The van der Waals surface area contributed by atoms with Crippen LogP contribution in [0.15, 0.2) is 128 Å². The third-order valence-corrected chi connectivity index (χ3v) is 11.7. The fraction of sp³-hybridized carbons (Fsp3) is 0.265. The summed E-state index contributed by atoms with van der Waals surface area (Å²) >= 11 is 0. The van der Waals surface area contributed by atoms with E-state index in [0.717, 1.165) is 40.1 Å². The van der Waals surface area contributed by atoms with E-state index in [2.05, 4.69) is 180 Å². The Balaban J connectivity index is 0.000000230. The van der Waals surface area contributed by atoms with Gasteiger partial charge >= 0.3 is 0 Å². The maximum Gasteiger partial charge on any atom is 0.0798 e. The van der Waals surface area contributed by atoms with Gasteiger partial charge in [-0.2, -0.15) is 0 Å². The average Bonchev–Trinajstić information content (AvgIpc) is 3.54. The first-order valence-electron chi connectivity index (χ1n) is 19.1. The average molecular weight is 904 g/mol. The molecule has 0 atom stereocenters. The molecule has 0 bridgehead atoms. The maximum absolute atomic E-state index is 5.07. The second-order valence-corrected chi connectivity index (χ2v) is 21.1. The van der Waals surface area contributed by atoms with Gasteiger partial charge in [0.05, 0.1) is 24.9 Å².